The van der Waals surface area contributed by atoms with Crippen molar-refractivity contribution in [2.75, 3.05) is 4.90 Å². The van der Waals surface area contributed by atoms with Crippen LogP contribution in [0.15, 0.2) is 42.5 Å². The highest BCUT2D eigenvalue weighted by Crippen LogP contribution is 2.25. The molecule has 1 aromatic heterocycles. The molecule has 1 aliphatic heterocycles. The number of H-pyrrole nitrogens is 1. The molecule has 0 unspecified atom stereocenters. The number of imidazole rings is 1. The standard InChI is InChI=1S/C13H10N4OS/c18-13-11-12(15-8-14-11)17(10(7-19)16-13)6-9-4-2-1-3-5-9/h1-5,8H,6H2,(H,14,15)(H,16,18). The zero-order chi connectivity index (χ0) is 13.2. The average molecular weight is 270 g/mol. The number of anilines is 1. The Kier molecular flexibility index (Phi) is 2.87. The fourth-order valence-corrected chi connectivity index (χ4v) is 2.16. The van der Waals surface area contributed by atoms with E-state index in [0.717, 1.165) is 5.56 Å². The fraction of sp³-hybridized carbons (Fsp3) is 0.0769. The average Bonchev–Trinajstić information content (AvgIpc) is 2.93. The Morgan fingerprint density at radius 2 is 2.11 bits per heavy atom. The van der Waals surface area contributed by atoms with Gasteiger partial charge in [0, 0.05) is 0 Å². The summed E-state index contributed by atoms with van der Waals surface area (Å²) in [5, 5.41) is 5.27. The number of aromatic nitrogens is 2. The topological polar surface area (TPSA) is 61.0 Å². The molecule has 1 amide bonds. The Morgan fingerprint density at radius 1 is 1.32 bits per heavy atom. The Bertz CT molecular complexity index is 673. The van der Waals surface area contributed by atoms with Crippen molar-refractivity contribution in [3.8, 4) is 0 Å². The molecule has 3 rings (SSSR count). The molecular formula is C13H10N4OS. The van der Waals surface area contributed by atoms with E-state index < -0.39 is 0 Å². The van der Waals surface area contributed by atoms with Crippen LogP contribution in [0.5, 0.6) is 0 Å². The molecule has 5 nitrogen and oxygen atoms in total. The lowest BCUT2D eigenvalue weighted by atomic mass is 10.2. The van der Waals surface area contributed by atoms with Crippen molar-refractivity contribution in [1.82, 2.24) is 15.3 Å². The summed E-state index contributed by atoms with van der Waals surface area (Å²) in [5.74, 6) is 0.771. The minimum Gasteiger partial charge on any atom is -0.339 e. The molecule has 0 fully saturated rings. The van der Waals surface area contributed by atoms with Gasteiger partial charge in [0.2, 0.25) is 0 Å². The molecule has 0 aliphatic carbocycles. The van der Waals surface area contributed by atoms with Crippen LogP contribution in [0.2, 0.25) is 0 Å². The highest BCUT2D eigenvalue weighted by atomic mass is 32.1. The quantitative estimate of drug-likeness (QED) is 0.814. The molecular weight excluding hydrogens is 260 g/mol. The van der Waals surface area contributed by atoms with Gasteiger partial charge in [-0.15, -0.1) is 0 Å². The fourth-order valence-electron chi connectivity index (χ4n) is 2.00. The number of thiocarbonyl (C=S) groups is 1. The van der Waals surface area contributed by atoms with Crippen molar-refractivity contribution in [3.63, 3.8) is 0 Å². The summed E-state index contributed by atoms with van der Waals surface area (Å²) in [6.45, 7) is 0.567. The molecule has 2 heterocycles. The number of amides is 1. The summed E-state index contributed by atoms with van der Waals surface area (Å²) in [4.78, 5) is 20.6. The summed E-state index contributed by atoms with van der Waals surface area (Å²) in [6.07, 6.45) is 1.49. The molecule has 0 bridgehead atoms. The highest BCUT2D eigenvalue weighted by Gasteiger charge is 2.29. The molecule has 1 aliphatic rings. The number of nitrogens with one attached hydrogen (secondary N) is 2. The third-order valence-electron chi connectivity index (χ3n) is 2.88. The van der Waals surface area contributed by atoms with Crippen LogP contribution in [0.1, 0.15) is 16.1 Å². The second-order valence-corrected chi connectivity index (χ2v) is 4.28. The van der Waals surface area contributed by atoms with E-state index in [-0.39, 0.29) is 5.91 Å². The van der Waals surface area contributed by atoms with Gasteiger partial charge in [0.25, 0.3) is 5.91 Å². The molecule has 2 aromatic rings. The van der Waals surface area contributed by atoms with Gasteiger partial charge in [-0.25, -0.2) is 4.98 Å². The maximum absolute atomic E-state index is 11.8. The lowest BCUT2D eigenvalue weighted by molar-refractivity contribution is 0.0956. The maximum atomic E-state index is 11.8. The van der Waals surface area contributed by atoms with Gasteiger partial charge in [-0.1, -0.05) is 30.3 Å². The van der Waals surface area contributed by atoms with Gasteiger partial charge in [-0.2, -0.15) is 0 Å². The first kappa shape index (κ1) is 11.6. The molecule has 94 valence electrons. The van der Waals surface area contributed by atoms with Gasteiger partial charge >= 0.3 is 0 Å². The molecule has 0 radical (unpaired) electrons. The van der Waals surface area contributed by atoms with Gasteiger partial charge in [-0.3, -0.25) is 15.0 Å². The molecule has 0 saturated carbocycles. The van der Waals surface area contributed by atoms with Crippen LogP contribution in [0, 0.1) is 0 Å². The summed E-state index contributed by atoms with van der Waals surface area (Å²) in [7, 11) is 0. The molecule has 0 atom stereocenters. The lowest BCUT2D eigenvalue weighted by Crippen LogP contribution is -2.41. The van der Waals surface area contributed by atoms with Crippen LogP contribution in [-0.4, -0.2) is 20.9 Å². The van der Waals surface area contributed by atoms with Crippen molar-refractivity contribution >= 4 is 29.0 Å². The molecule has 1 aromatic carbocycles. The van der Waals surface area contributed by atoms with Crippen molar-refractivity contribution < 1.29 is 4.79 Å². The van der Waals surface area contributed by atoms with E-state index in [1.54, 1.807) is 0 Å². The van der Waals surface area contributed by atoms with Crippen molar-refractivity contribution in [2.24, 2.45) is 0 Å². The lowest BCUT2D eigenvalue weighted by Gasteiger charge is -2.28. The summed E-state index contributed by atoms with van der Waals surface area (Å²) < 4.78 is 0. The minimum atomic E-state index is -0.246. The van der Waals surface area contributed by atoms with Gasteiger partial charge in [0.1, 0.15) is 5.69 Å². The van der Waals surface area contributed by atoms with Crippen LogP contribution in [0.25, 0.3) is 0 Å². The maximum Gasteiger partial charge on any atom is 0.277 e. The number of hydrogen-bond donors (Lipinski definition) is 2. The Morgan fingerprint density at radius 3 is 2.84 bits per heavy atom. The van der Waals surface area contributed by atoms with E-state index in [4.69, 9.17) is 12.2 Å². The number of carbonyl (C=O) groups excluding carboxylic acids is 1. The second kappa shape index (κ2) is 4.68. The van der Waals surface area contributed by atoms with Crippen LogP contribution < -0.4 is 10.2 Å². The summed E-state index contributed by atoms with van der Waals surface area (Å²) >= 11 is 4.84. The van der Waals surface area contributed by atoms with Crippen LogP contribution in [-0.2, 0) is 6.54 Å². The number of fused-ring (bicyclic) bond motifs is 1. The smallest absolute Gasteiger partial charge is 0.277 e. The van der Waals surface area contributed by atoms with E-state index >= 15 is 0 Å². The first-order valence-electron chi connectivity index (χ1n) is 5.71. The molecule has 6 heteroatoms. The van der Waals surface area contributed by atoms with Crippen LogP contribution >= 0.6 is 12.2 Å². The van der Waals surface area contributed by atoms with Gasteiger partial charge in [0.15, 0.2) is 11.6 Å². The first-order chi connectivity index (χ1) is 9.29. The normalized spacial score (nSPS) is 13.8. The minimum absolute atomic E-state index is 0.246. The third-order valence-corrected chi connectivity index (χ3v) is 3.08. The monoisotopic (exact) mass is 270 g/mol. The van der Waals surface area contributed by atoms with Crippen molar-refractivity contribution in [3.05, 3.63) is 53.7 Å². The van der Waals surface area contributed by atoms with Gasteiger partial charge < -0.3 is 4.98 Å². The Hall–Kier alpha value is -2.43. The zero-order valence-corrected chi connectivity index (χ0v) is 10.7. The van der Waals surface area contributed by atoms with Crippen molar-refractivity contribution in [2.45, 2.75) is 6.54 Å². The second-order valence-electron chi connectivity index (χ2n) is 4.08. The predicted octanol–water partition coefficient (Wildman–Crippen LogP) is 1.60. The van der Waals surface area contributed by atoms with Gasteiger partial charge in [0.05, 0.1) is 12.9 Å². The number of hydrogen-bond acceptors (Lipinski definition) is 4. The number of benzene rings is 1. The summed E-state index contributed by atoms with van der Waals surface area (Å²) in [5.41, 5.74) is 1.53. The molecule has 0 spiro atoms. The van der Waals surface area contributed by atoms with Crippen molar-refractivity contribution in [1.29, 1.82) is 0 Å². The zero-order valence-electron chi connectivity index (χ0n) is 9.88. The highest BCUT2D eigenvalue weighted by molar-refractivity contribution is 7.78. The summed E-state index contributed by atoms with van der Waals surface area (Å²) in [6, 6.07) is 9.89. The SMILES string of the molecule is O=C1NC(=C=S)N(Cc2ccccc2)c2nc[nH]c21. The number of nitrogens with zero attached hydrogens (tertiary/aromatic N) is 2. The number of aromatic amines is 1. The van der Waals surface area contributed by atoms with Gasteiger partial charge in [-0.05, 0) is 22.8 Å². The Labute approximate surface area is 115 Å². The molecule has 19 heavy (non-hydrogen) atoms. The number of rotatable bonds is 2. The van der Waals surface area contributed by atoms with Crippen LogP contribution in [0.3, 0.4) is 0 Å². The van der Waals surface area contributed by atoms with E-state index in [9.17, 15) is 4.79 Å². The van der Waals surface area contributed by atoms with E-state index in [1.807, 2.05) is 35.2 Å². The van der Waals surface area contributed by atoms with E-state index in [0.29, 0.717) is 23.9 Å². The van der Waals surface area contributed by atoms with E-state index in [2.05, 4.69) is 20.3 Å². The largest absolute Gasteiger partial charge is 0.339 e. The van der Waals surface area contributed by atoms with E-state index in [1.165, 1.54) is 6.33 Å². The third kappa shape index (κ3) is 2.03. The number of carbonyl (C=O) groups is 1. The molecule has 2 N–H and O–H groups in total. The predicted molar refractivity (Wildman–Crippen MR) is 74.8 cm³/mol. The van der Waals surface area contributed by atoms with Crippen LogP contribution in [0.4, 0.5) is 5.82 Å². The molecule has 0 saturated heterocycles. The first-order valence-corrected chi connectivity index (χ1v) is 6.11. The Balaban J connectivity index is 2.02.